The maximum Gasteiger partial charge on any atom is 0.325 e. The number of benzene rings is 1. The molecule has 2 N–H and O–H groups in total. The van der Waals surface area contributed by atoms with Gasteiger partial charge in [-0.2, -0.15) is 11.3 Å². The van der Waals surface area contributed by atoms with Gasteiger partial charge >= 0.3 is 6.03 Å². The summed E-state index contributed by atoms with van der Waals surface area (Å²) in [5.74, 6) is -0.351. The van der Waals surface area contributed by atoms with Crippen LogP contribution in [0.15, 0.2) is 29.0 Å². The summed E-state index contributed by atoms with van der Waals surface area (Å²) >= 11 is 7.51. The van der Waals surface area contributed by atoms with Gasteiger partial charge in [0.15, 0.2) is 0 Å². The zero-order chi connectivity index (χ0) is 20.5. The molecule has 3 rings (SSSR count). The Balaban J connectivity index is 1.76. The monoisotopic (exact) mass is 423 g/mol. The van der Waals surface area contributed by atoms with E-state index in [1.54, 1.807) is 18.4 Å². The molecule has 4 amide bonds. The highest BCUT2D eigenvalue weighted by Gasteiger charge is 2.49. The van der Waals surface area contributed by atoms with Crippen molar-refractivity contribution in [3.05, 3.63) is 39.5 Å². The molecule has 1 aromatic heterocycles. The third-order valence-electron chi connectivity index (χ3n) is 4.42. The summed E-state index contributed by atoms with van der Waals surface area (Å²) in [7, 11) is 2.89. The molecule has 0 spiro atoms. The van der Waals surface area contributed by atoms with Crippen molar-refractivity contribution in [1.82, 2.24) is 10.2 Å². The molecule has 0 saturated carbocycles. The van der Waals surface area contributed by atoms with E-state index in [9.17, 15) is 14.4 Å². The van der Waals surface area contributed by atoms with E-state index >= 15 is 0 Å². The summed E-state index contributed by atoms with van der Waals surface area (Å²) < 4.78 is 10.3. The smallest absolute Gasteiger partial charge is 0.325 e. The highest BCUT2D eigenvalue weighted by atomic mass is 35.5. The van der Waals surface area contributed by atoms with Crippen LogP contribution in [0.1, 0.15) is 12.5 Å². The molecule has 1 aliphatic heterocycles. The number of urea groups is 1. The SMILES string of the molecule is COc1cc(OC)c(NC(=O)CN2C(=O)NC(C)(c3ccsc3)C2=O)cc1Cl. The minimum absolute atomic E-state index is 0.277. The number of nitrogens with zero attached hydrogens (tertiary/aromatic N) is 1. The number of rotatable bonds is 6. The molecule has 1 atom stereocenters. The number of carbonyl (C=O) groups is 3. The quantitative estimate of drug-likeness (QED) is 0.696. The number of thiophene rings is 1. The Kier molecular flexibility index (Phi) is 5.48. The standard InChI is InChI=1S/C18H18ClN3O5S/c1-18(10-4-5-28-9-10)16(24)22(17(25)21-18)8-15(23)20-12-6-11(19)13(26-2)7-14(12)27-3/h4-7,9H,8H2,1-3H3,(H,20,23)(H,21,25). The van der Waals surface area contributed by atoms with Crippen LogP contribution in [0.3, 0.4) is 0 Å². The predicted octanol–water partition coefficient (Wildman–Crippen LogP) is 2.82. The Morgan fingerprint density at radius 3 is 2.61 bits per heavy atom. The second-order valence-electron chi connectivity index (χ2n) is 6.19. The van der Waals surface area contributed by atoms with E-state index in [-0.39, 0.29) is 5.02 Å². The minimum atomic E-state index is -1.20. The number of methoxy groups -OCH3 is 2. The molecule has 0 bridgehead atoms. The van der Waals surface area contributed by atoms with Crippen LogP contribution in [0, 0.1) is 0 Å². The van der Waals surface area contributed by atoms with Crippen molar-refractivity contribution >= 4 is 46.5 Å². The number of imide groups is 1. The number of anilines is 1. The Bertz CT molecular complexity index is 934. The van der Waals surface area contributed by atoms with Crippen LogP contribution < -0.4 is 20.1 Å². The van der Waals surface area contributed by atoms with Gasteiger partial charge in [0.2, 0.25) is 5.91 Å². The lowest BCUT2D eigenvalue weighted by molar-refractivity contribution is -0.133. The Labute approximate surface area is 170 Å². The van der Waals surface area contributed by atoms with E-state index in [2.05, 4.69) is 10.6 Å². The minimum Gasteiger partial charge on any atom is -0.495 e. The van der Waals surface area contributed by atoms with Crippen LogP contribution in [0.25, 0.3) is 0 Å². The van der Waals surface area contributed by atoms with E-state index in [1.165, 1.54) is 37.7 Å². The molecule has 148 valence electrons. The first kappa shape index (κ1) is 20.0. The topological polar surface area (TPSA) is 97.0 Å². The summed E-state index contributed by atoms with van der Waals surface area (Å²) in [6.07, 6.45) is 0. The first-order valence-corrected chi connectivity index (χ1v) is 9.50. The molecular weight excluding hydrogens is 406 g/mol. The maximum atomic E-state index is 12.8. The predicted molar refractivity (Wildman–Crippen MR) is 105 cm³/mol. The highest BCUT2D eigenvalue weighted by Crippen LogP contribution is 2.36. The third kappa shape index (κ3) is 3.50. The van der Waals surface area contributed by atoms with Crippen LogP contribution in [0.5, 0.6) is 11.5 Å². The van der Waals surface area contributed by atoms with Crippen LogP contribution in [-0.2, 0) is 15.1 Å². The fourth-order valence-electron chi connectivity index (χ4n) is 2.88. The van der Waals surface area contributed by atoms with Crippen molar-refractivity contribution in [3.63, 3.8) is 0 Å². The fraction of sp³-hybridized carbons (Fsp3) is 0.278. The first-order valence-electron chi connectivity index (χ1n) is 8.18. The zero-order valence-electron chi connectivity index (χ0n) is 15.4. The number of nitrogens with one attached hydrogen (secondary N) is 2. The van der Waals surface area contributed by atoms with Crippen LogP contribution in [0.2, 0.25) is 5.02 Å². The van der Waals surface area contributed by atoms with Crippen LogP contribution in [0.4, 0.5) is 10.5 Å². The molecule has 8 nitrogen and oxygen atoms in total. The first-order chi connectivity index (χ1) is 13.3. The summed E-state index contributed by atoms with van der Waals surface area (Å²) in [5.41, 5.74) is -0.230. The molecular formula is C18H18ClN3O5S. The van der Waals surface area contributed by atoms with Crippen molar-refractivity contribution in [1.29, 1.82) is 0 Å². The Morgan fingerprint density at radius 2 is 2.00 bits per heavy atom. The van der Waals surface area contributed by atoms with Gasteiger partial charge in [-0.05, 0) is 35.4 Å². The van der Waals surface area contributed by atoms with Gasteiger partial charge in [-0.1, -0.05) is 11.6 Å². The molecule has 0 aliphatic carbocycles. The molecule has 28 heavy (non-hydrogen) atoms. The normalized spacial score (nSPS) is 18.8. The number of halogens is 1. The van der Waals surface area contributed by atoms with Gasteiger partial charge in [0, 0.05) is 6.07 Å². The van der Waals surface area contributed by atoms with Crippen molar-refractivity contribution in [3.8, 4) is 11.5 Å². The number of amides is 4. The van der Waals surface area contributed by atoms with Crippen molar-refractivity contribution < 1.29 is 23.9 Å². The molecule has 1 unspecified atom stereocenters. The summed E-state index contributed by atoms with van der Waals surface area (Å²) in [6, 6.07) is 4.13. The van der Waals surface area contributed by atoms with Crippen molar-refractivity contribution in [2.24, 2.45) is 0 Å². The largest absolute Gasteiger partial charge is 0.495 e. The molecule has 2 heterocycles. The van der Waals surface area contributed by atoms with E-state index in [4.69, 9.17) is 21.1 Å². The maximum absolute atomic E-state index is 12.8. The summed E-state index contributed by atoms with van der Waals surface area (Å²) in [6.45, 7) is 1.16. The average Bonchev–Trinajstić information content (AvgIpc) is 3.27. The van der Waals surface area contributed by atoms with E-state index in [1.807, 2.05) is 5.38 Å². The number of hydrogen-bond donors (Lipinski definition) is 2. The highest BCUT2D eigenvalue weighted by molar-refractivity contribution is 7.08. The number of hydrogen-bond acceptors (Lipinski definition) is 6. The lowest BCUT2D eigenvalue weighted by atomic mass is 9.95. The second kappa shape index (κ2) is 7.69. The molecule has 1 aliphatic rings. The summed E-state index contributed by atoms with van der Waals surface area (Å²) in [4.78, 5) is 38.4. The van der Waals surface area contributed by atoms with Gasteiger partial charge in [0.1, 0.15) is 23.6 Å². The molecule has 1 aromatic carbocycles. The van der Waals surface area contributed by atoms with Crippen LogP contribution >= 0.6 is 22.9 Å². The number of carbonyl (C=O) groups excluding carboxylic acids is 3. The Hall–Kier alpha value is -2.78. The lowest BCUT2D eigenvalue weighted by Gasteiger charge is -2.20. The average molecular weight is 424 g/mol. The summed E-state index contributed by atoms with van der Waals surface area (Å²) in [5, 5.41) is 9.13. The van der Waals surface area contributed by atoms with Gasteiger partial charge in [0.25, 0.3) is 5.91 Å². The Morgan fingerprint density at radius 1 is 1.29 bits per heavy atom. The van der Waals surface area contributed by atoms with Gasteiger partial charge in [-0.15, -0.1) is 0 Å². The molecule has 10 heteroatoms. The second-order valence-corrected chi connectivity index (χ2v) is 7.38. The zero-order valence-corrected chi connectivity index (χ0v) is 16.9. The van der Waals surface area contributed by atoms with E-state index in [0.29, 0.717) is 22.7 Å². The van der Waals surface area contributed by atoms with Crippen LogP contribution in [-0.4, -0.2) is 43.5 Å². The van der Waals surface area contributed by atoms with Gasteiger partial charge in [0.05, 0.1) is 24.9 Å². The van der Waals surface area contributed by atoms with Gasteiger partial charge < -0.3 is 20.1 Å². The molecule has 1 fully saturated rings. The fourth-order valence-corrected chi connectivity index (χ4v) is 3.88. The van der Waals surface area contributed by atoms with Gasteiger partial charge in [-0.3, -0.25) is 14.5 Å². The van der Waals surface area contributed by atoms with E-state index < -0.39 is 29.9 Å². The van der Waals surface area contributed by atoms with Crippen molar-refractivity contribution in [2.75, 3.05) is 26.1 Å². The lowest BCUT2D eigenvalue weighted by Crippen LogP contribution is -2.41. The van der Waals surface area contributed by atoms with Gasteiger partial charge in [-0.25, -0.2) is 4.79 Å². The molecule has 1 saturated heterocycles. The molecule has 2 aromatic rings. The van der Waals surface area contributed by atoms with E-state index in [0.717, 1.165) is 4.90 Å². The van der Waals surface area contributed by atoms with Crippen molar-refractivity contribution in [2.45, 2.75) is 12.5 Å². The molecule has 0 radical (unpaired) electrons. The third-order valence-corrected chi connectivity index (χ3v) is 5.40. The number of ether oxygens (including phenoxy) is 2.